The quantitative estimate of drug-likeness (QED) is 0.185. The molecule has 1 saturated carbocycles. The molecule has 2 amide bonds. The number of rotatable bonds is 15. The zero-order valence-corrected chi connectivity index (χ0v) is 26.2. The van der Waals surface area contributed by atoms with Gasteiger partial charge in [0.1, 0.15) is 18.1 Å². The van der Waals surface area contributed by atoms with E-state index < -0.39 is 0 Å². The molecule has 4 rings (SSSR count). The Labute approximate surface area is 256 Å². The van der Waals surface area contributed by atoms with Crippen molar-refractivity contribution in [1.29, 1.82) is 0 Å². The lowest BCUT2D eigenvalue weighted by Gasteiger charge is -2.25. The van der Waals surface area contributed by atoms with Gasteiger partial charge in [0.2, 0.25) is 5.91 Å². The highest BCUT2D eigenvalue weighted by Crippen LogP contribution is 2.42. The maximum atomic E-state index is 13.7. The smallest absolute Gasteiger partial charge is 0.272 e. The van der Waals surface area contributed by atoms with Crippen molar-refractivity contribution >= 4 is 11.8 Å². The van der Waals surface area contributed by atoms with Gasteiger partial charge in [0.25, 0.3) is 5.91 Å². The van der Waals surface area contributed by atoms with Crippen molar-refractivity contribution in [2.45, 2.75) is 97.2 Å². The summed E-state index contributed by atoms with van der Waals surface area (Å²) in [7, 11) is 1.65. The Morgan fingerprint density at radius 2 is 1.77 bits per heavy atom. The molecule has 1 aliphatic rings. The monoisotopic (exact) mass is 588 g/mol. The van der Waals surface area contributed by atoms with E-state index in [1.807, 2.05) is 59.3 Å². The average Bonchev–Trinajstić information content (AvgIpc) is 3.46. The summed E-state index contributed by atoms with van der Waals surface area (Å²) in [6.45, 7) is 7.35. The first-order chi connectivity index (χ1) is 20.9. The van der Waals surface area contributed by atoms with Gasteiger partial charge in [-0.25, -0.2) is 0 Å². The number of ether oxygens (including phenoxy) is 2. The highest BCUT2D eigenvalue weighted by atomic mass is 16.5. The van der Waals surface area contributed by atoms with Crippen LogP contribution in [0.4, 0.5) is 0 Å². The summed E-state index contributed by atoms with van der Waals surface area (Å²) in [6.07, 6.45) is 8.35. The van der Waals surface area contributed by atoms with Crippen molar-refractivity contribution in [3.8, 4) is 22.8 Å². The lowest BCUT2D eigenvalue weighted by Crippen LogP contribution is -2.40. The van der Waals surface area contributed by atoms with Gasteiger partial charge in [-0.05, 0) is 55.4 Å². The van der Waals surface area contributed by atoms with Crippen LogP contribution in [0.2, 0.25) is 0 Å². The fourth-order valence-electron chi connectivity index (χ4n) is 5.81. The summed E-state index contributed by atoms with van der Waals surface area (Å²) in [6, 6.07) is 17.6. The number of carbonyl (C=O) groups excluding carboxylic acids is 2. The predicted molar refractivity (Wildman–Crippen MR) is 170 cm³/mol. The van der Waals surface area contributed by atoms with Crippen LogP contribution >= 0.6 is 0 Å². The molecule has 0 saturated heterocycles. The van der Waals surface area contributed by atoms with E-state index >= 15 is 0 Å². The summed E-state index contributed by atoms with van der Waals surface area (Å²) in [4.78, 5) is 26.4. The number of unbranched alkanes of at least 4 members (excludes halogenated alkanes) is 1. The van der Waals surface area contributed by atoms with Gasteiger partial charge in [0, 0.05) is 19.0 Å². The first kappa shape index (κ1) is 32.1. The second-order valence-electron chi connectivity index (χ2n) is 12.0. The van der Waals surface area contributed by atoms with Gasteiger partial charge in [-0.15, -0.1) is 0 Å². The fourth-order valence-corrected chi connectivity index (χ4v) is 5.81. The van der Waals surface area contributed by atoms with Crippen LogP contribution in [0.3, 0.4) is 0 Å². The number of nitrogens with one attached hydrogen (secondary N) is 2. The van der Waals surface area contributed by atoms with E-state index in [0.717, 1.165) is 55.3 Å². The molecule has 0 aliphatic heterocycles. The van der Waals surface area contributed by atoms with Crippen molar-refractivity contribution in [2.75, 3.05) is 13.7 Å². The zero-order valence-electron chi connectivity index (χ0n) is 26.2. The Balaban J connectivity index is 1.65. The maximum absolute atomic E-state index is 13.7. The molecule has 1 fully saturated rings. The molecule has 0 radical (unpaired) electrons. The van der Waals surface area contributed by atoms with Crippen molar-refractivity contribution in [3.63, 3.8) is 0 Å². The second-order valence-corrected chi connectivity index (χ2v) is 12.0. The number of amides is 2. The Hall–Kier alpha value is -3.81. The number of aromatic nitrogens is 2. The molecule has 43 heavy (non-hydrogen) atoms. The van der Waals surface area contributed by atoms with Gasteiger partial charge >= 0.3 is 0 Å². The third-order valence-corrected chi connectivity index (χ3v) is 7.97. The number of nitrogens with zero attached hydrogens (tertiary/aromatic N) is 2. The largest absolute Gasteiger partial charge is 0.496 e. The molecule has 1 heterocycles. The van der Waals surface area contributed by atoms with E-state index in [2.05, 4.69) is 31.4 Å². The minimum Gasteiger partial charge on any atom is -0.496 e. The zero-order chi connectivity index (χ0) is 30.6. The molecular weight excluding hydrogens is 540 g/mol. The van der Waals surface area contributed by atoms with Crippen LogP contribution in [0.1, 0.15) is 101 Å². The summed E-state index contributed by atoms with van der Waals surface area (Å²) in [5, 5.41) is 11.0. The van der Waals surface area contributed by atoms with E-state index in [9.17, 15) is 9.59 Å². The van der Waals surface area contributed by atoms with E-state index in [1.165, 1.54) is 6.42 Å². The first-order valence-corrected chi connectivity index (χ1v) is 15.9. The lowest BCUT2D eigenvalue weighted by atomic mass is 9.95. The van der Waals surface area contributed by atoms with Crippen LogP contribution < -0.4 is 20.1 Å². The van der Waals surface area contributed by atoms with Gasteiger partial charge in [-0.1, -0.05) is 82.9 Å². The Bertz CT molecular complexity index is 1310. The van der Waals surface area contributed by atoms with Crippen molar-refractivity contribution in [2.24, 2.45) is 5.92 Å². The molecule has 232 valence electrons. The van der Waals surface area contributed by atoms with Crippen LogP contribution in [0.5, 0.6) is 11.5 Å². The third-order valence-electron chi connectivity index (χ3n) is 7.97. The van der Waals surface area contributed by atoms with Gasteiger partial charge in [0.05, 0.1) is 24.4 Å². The number of hydrogen-bond donors (Lipinski definition) is 2. The SMILES string of the molecule is CCCCNC(=O)C[C@H](CC(C)C)NC(=O)c1cc(-c2c(OC)cccc2OCc2ccccc2)n(C2CCCCC2)n1. The predicted octanol–water partition coefficient (Wildman–Crippen LogP) is 7.09. The maximum Gasteiger partial charge on any atom is 0.272 e. The van der Waals surface area contributed by atoms with Crippen LogP contribution in [0.25, 0.3) is 11.3 Å². The minimum absolute atomic E-state index is 0.0398. The molecule has 1 aromatic heterocycles. The summed E-state index contributed by atoms with van der Waals surface area (Å²) in [5.41, 5.74) is 2.98. The van der Waals surface area contributed by atoms with Crippen LogP contribution in [0.15, 0.2) is 54.6 Å². The molecule has 8 heteroatoms. The number of carbonyl (C=O) groups is 2. The van der Waals surface area contributed by atoms with E-state index in [-0.39, 0.29) is 30.3 Å². The van der Waals surface area contributed by atoms with E-state index in [4.69, 9.17) is 14.6 Å². The molecular formula is C35H48N4O4. The van der Waals surface area contributed by atoms with Gasteiger partial charge in [-0.3, -0.25) is 14.3 Å². The molecule has 0 bridgehead atoms. The number of hydrogen-bond acceptors (Lipinski definition) is 5. The fraction of sp³-hybridized carbons (Fsp3) is 0.514. The molecule has 0 unspecified atom stereocenters. The summed E-state index contributed by atoms with van der Waals surface area (Å²) >= 11 is 0. The first-order valence-electron chi connectivity index (χ1n) is 15.9. The van der Waals surface area contributed by atoms with Gasteiger partial charge in [0.15, 0.2) is 5.69 Å². The van der Waals surface area contributed by atoms with Crippen LogP contribution in [-0.4, -0.2) is 41.3 Å². The summed E-state index contributed by atoms with van der Waals surface area (Å²) < 4.78 is 14.2. The number of benzene rings is 2. The topological polar surface area (TPSA) is 94.5 Å². The standard InChI is InChI=1S/C35H48N4O4/c1-5-6-20-36-33(40)22-27(21-25(2)3)37-35(41)29-23-30(39(38-29)28-16-11-8-12-17-28)34-31(42-4)18-13-19-32(34)43-24-26-14-9-7-10-15-26/h7,9-10,13-15,18-19,23,25,27-28H,5-6,8,11-12,16-17,20-22,24H2,1-4H3,(H,36,40)(H,37,41)/t27-/m0/s1. The lowest BCUT2D eigenvalue weighted by molar-refractivity contribution is -0.121. The van der Waals surface area contributed by atoms with E-state index in [0.29, 0.717) is 42.7 Å². The van der Waals surface area contributed by atoms with Gasteiger partial charge in [-0.2, -0.15) is 5.10 Å². The second kappa shape index (κ2) is 16.1. The molecule has 8 nitrogen and oxygen atoms in total. The van der Waals surface area contributed by atoms with Crippen LogP contribution in [0, 0.1) is 5.92 Å². The molecule has 1 atom stereocenters. The molecule has 0 spiro atoms. The van der Waals surface area contributed by atoms with Crippen LogP contribution in [-0.2, 0) is 11.4 Å². The third kappa shape index (κ3) is 9.09. The van der Waals surface area contributed by atoms with Crippen molar-refractivity contribution in [3.05, 3.63) is 65.9 Å². The Kier molecular flexibility index (Phi) is 12.1. The number of methoxy groups -OCH3 is 1. The Morgan fingerprint density at radius 1 is 1.02 bits per heavy atom. The molecule has 1 aliphatic carbocycles. The van der Waals surface area contributed by atoms with Crippen molar-refractivity contribution < 1.29 is 19.1 Å². The van der Waals surface area contributed by atoms with Crippen molar-refractivity contribution in [1.82, 2.24) is 20.4 Å². The Morgan fingerprint density at radius 3 is 2.47 bits per heavy atom. The highest BCUT2D eigenvalue weighted by Gasteiger charge is 2.28. The highest BCUT2D eigenvalue weighted by molar-refractivity contribution is 5.94. The van der Waals surface area contributed by atoms with Gasteiger partial charge < -0.3 is 20.1 Å². The average molecular weight is 589 g/mol. The normalized spacial score (nSPS) is 14.3. The van der Waals surface area contributed by atoms with E-state index in [1.54, 1.807) is 7.11 Å². The molecule has 3 aromatic rings. The molecule has 2 N–H and O–H groups in total. The molecule has 2 aromatic carbocycles. The minimum atomic E-state index is -0.284. The summed E-state index contributed by atoms with van der Waals surface area (Å²) in [5.74, 6) is 1.35.